The van der Waals surface area contributed by atoms with Crippen molar-refractivity contribution in [3.05, 3.63) is 148 Å². The molecule has 198 valence electrons. The normalized spacial score (nSPS) is 15.4. The Kier molecular flexibility index (Phi) is 5.18. The SMILES string of the molecule is Cc1nn(-c2ccccc2)c2c1[C@H](c1coc3ccccc3c1=O)N1C(=N2)N(Cc2ccccc2)c2ccccc21. The maximum Gasteiger partial charge on any atom is 0.213 e. The van der Waals surface area contributed by atoms with Gasteiger partial charge in [0, 0.05) is 5.56 Å². The van der Waals surface area contributed by atoms with E-state index in [0.29, 0.717) is 28.9 Å². The number of fused-ring (bicyclic) bond motifs is 5. The number of para-hydroxylation sites is 4. The van der Waals surface area contributed by atoms with Crippen LogP contribution in [0.2, 0.25) is 0 Å². The molecule has 0 unspecified atom stereocenters. The van der Waals surface area contributed by atoms with Crippen LogP contribution in [0.5, 0.6) is 0 Å². The molecule has 0 amide bonds. The number of aromatic nitrogens is 2. The number of guanidine groups is 1. The summed E-state index contributed by atoms with van der Waals surface area (Å²) in [4.78, 5) is 23.8. The van der Waals surface area contributed by atoms with E-state index in [4.69, 9.17) is 14.5 Å². The quantitative estimate of drug-likeness (QED) is 0.246. The van der Waals surface area contributed by atoms with Gasteiger partial charge in [-0.15, -0.1) is 0 Å². The van der Waals surface area contributed by atoms with Gasteiger partial charge in [-0.2, -0.15) is 10.1 Å². The summed E-state index contributed by atoms with van der Waals surface area (Å²) in [5.41, 5.74) is 6.83. The monoisotopic (exact) mass is 535 g/mol. The smallest absolute Gasteiger partial charge is 0.213 e. The van der Waals surface area contributed by atoms with Gasteiger partial charge in [-0.25, -0.2) is 4.68 Å². The third kappa shape index (κ3) is 3.55. The molecule has 2 aliphatic rings. The summed E-state index contributed by atoms with van der Waals surface area (Å²) >= 11 is 0. The lowest BCUT2D eigenvalue weighted by Gasteiger charge is -2.34. The maximum atomic E-state index is 14.1. The first-order valence-corrected chi connectivity index (χ1v) is 13.6. The maximum absolute atomic E-state index is 14.1. The molecule has 2 aromatic heterocycles. The molecule has 8 rings (SSSR count). The predicted octanol–water partition coefficient (Wildman–Crippen LogP) is 6.90. The van der Waals surface area contributed by atoms with Crippen LogP contribution in [0, 0.1) is 6.92 Å². The molecule has 0 N–H and O–H groups in total. The molecule has 1 atom stereocenters. The number of hydrogen-bond acceptors (Lipinski definition) is 6. The summed E-state index contributed by atoms with van der Waals surface area (Å²) in [6, 6.07) is 35.5. The van der Waals surface area contributed by atoms with Crippen molar-refractivity contribution in [3.8, 4) is 5.69 Å². The lowest BCUT2D eigenvalue weighted by atomic mass is 9.95. The molecular formula is C34H25N5O2. The Hall–Kier alpha value is -5.43. The average Bonchev–Trinajstić information content (AvgIpc) is 3.52. The molecule has 6 aromatic rings. The molecule has 0 saturated carbocycles. The van der Waals surface area contributed by atoms with Gasteiger partial charge in [0.1, 0.15) is 11.8 Å². The van der Waals surface area contributed by atoms with E-state index < -0.39 is 6.04 Å². The van der Waals surface area contributed by atoms with Crippen LogP contribution in [0.15, 0.2) is 130 Å². The Balaban J connectivity index is 1.42. The van der Waals surface area contributed by atoms with Crippen molar-refractivity contribution >= 4 is 34.1 Å². The van der Waals surface area contributed by atoms with Gasteiger partial charge in [0.15, 0.2) is 11.2 Å². The highest BCUT2D eigenvalue weighted by Crippen LogP contribution is 2.50. The summed E-state index contributed by atoms with van der Waals surface area (Å²) in [6.45, 7) is 2.61. The highest BCUT2D eigenvalue weighted by Gasteiger charge is 2.45. The third-order valence-corrected chi connectivity index (χ3v) is 7.89. The van der Waals surface area contributed by atoms with Crippen LogP contribution in [0.25, 0.3) is 16.7 Å². The van der Waals surface area contributed by atoms with Gasteiger partial charge in [0.25, 0.3) is 0 Å². The number of nitrogens with zero attached hydrogens (tertiary/aromatic N) is 5. The van der Waals surface area contributed by atoms with Crippen LogP contribution in [0.3, 0.4) is 0 Å². The zero-order valence-corrected chi connectivity index (χ0v) is 22.3. The third-order valence-electron chi connectivity index (χ3n) is 7.89. The number of anilines is 2. The van der Waals surface area contributed by atoms with Crippen molar-refractivity contribution in [3.63, 3.8) is 0 Å². The number of benzene rings is 4. The van der Waals surface area contributed by atoms with Gasteiger partial charge in [0.05, 0.1) is 46.3 Å². The van der Waals surface area contributed by atoms with Crippen molar-refractivity contribution in [2.45, 2.75) is 19.5 Å². The zero-order valence-electron chi connectivity index (χ0n) is 22.3. The van der Waals surface area contributed by atoms with E-state index in [1.165, 1.54) is 0 Å². The van der Waals surface area contributed by atoms with Crippen molar-refractivity contribution in [1.82, 2.24) is 9.78 Å². The molecule has 0 radical (unpaired) electrons. The van der Waals surface area contributed by atoms with Gasteiger partial charge >= 0.3 is 0 Å². The summed E-state index contributed by atoms with van der Waals surface area (Å²) in [6.07, 6.45) is 1.61. The van der Waals surface area contributed by atoms with Crippen molar-refractivity contribution in [1.29, 1.82) is 0 Å². The number of hydrogen-bond donors (Lipinski definition) is 0. The van der Waals surface area contributed by atoms with E-state index in [2.05, 4.69) is 34.1 Å². The van der Waals surface area contributed by atoms with E-state index in [1.807, 2.05) is 96.5 Å². The molecule has 0 aliphatic carbocycles. The lowest BCUT2D eigenvalue weighted by Crippen LogP contribution is -2.44. The van der Waals surface area contributed by atoms with Gasteiger partial charge in [-0.05, 0) is 48.9 Å². The standard InChI is InChI=1S/C34H25N5O2/c1-22-30-31(26-21-41-29-19-11-8-16-25(29)32(26)40)38-28-18-10-9-17-27(28)37(20-23-12-4-2-5-13-23)34(38)35-33(30)39(36-22)24-14-6-3-7-15-24/h2-19,21,31H,20H2,1H3/t31-/m0/s1. The molecule has 7 nitrogen and oxygen atoms in total. The minimum atomic E-state index is -0.488. The number of aryl methyl sites for hydroxylation is 1. The first kappa shape index (κ1) is 23.5. The van der Waals surface area contributed by atoms with Crippen LogP contribution in [0.1, 0.15) is 28.4 Å². The number of rotatable bonds is 4. The predicted molar refractivity (Wildman–Crippen MR) is 161 cm³/mol. The first-order chi connectivity index (χ1) is 20.2. The fourth-order valence-electron chi connectivity index (χ4n) is 6.04. The van der Waals surface area contributed by atoms with Crippen LogP contribution >= 0.6 is 0 Å². The molecule has 2 aliphatic heterocycles. The van der Waals surface area contributed by atoms with Gasteiger partial charge in [-0.3, -0.25) is 9.69 Å². The first-order valence-electron chi connectivity index (χ1n) is 13.6. The summed E-state index contributed by atoms with van der Waals surface area (Å²) in [5, 5.41) is 5.51. The number of aliphatic imine (C=N–C) groups is 1. The minimum absolute atomic E-state index is 0.0603. The van der Waals surface area contributed by atoms with Crippen molar-refractivity contribution in [2.24, 2.45) is 4.99 Å². The van der Waals surface area contributed by atoms with Gasteiger partial charge < -0.3 is 9.32 Å². The second-order valence-electron chi connectivity index (χ2n) is 10.3. The molecule has 0 fully saturated rings. The molecular weight excluding hydrogens is 510 g/mol. The minimum Gasteiger partial charge on any atom is -0.464 e. The second-order valence-corrected chi connectivity index (χ2v) is 10.3. The van der Waals surface area contributed by atoms with Crippen molar-refractivity contribution < 1.29 is 4.42 Å². The summed E-state index contributed by atoms with van der Waals surface area (Å²) in [5.74, 6) is 1.46. The molecule has 41 heavy (non-hydrogen) atoms. The largest absolute Gasteiger partial charge is 0.464 e. The molecule has 7 heteroatoms. The summed E-state index contributed by atoms with van der Waals surface area (Å²) in [7, 11) is 0. The topological polar surface area (TPSA) is 66.9 Å². The highest BCUT2D eigenvalue weighted by molar-refractivity contribution is 6.18. The zero-order chi connectivity index (χ0) is 27.5. The molecule has 4 heterocycles. The fourth-order valence-corrected chi connectivity index (χ4v) is 6.04. The van der Waals surface area contributed by atoms with Crippen LogP contribution in [-0.2, 0) is 6.54 Å². The molecule has 0 saturated heterocycles. The van der Waals surface area contributed by atoms with Crippen molar-refractivity contribution in [2.75, 3.05) is 9.80 Å². The van der Waals surface area contributed by atoms with Crippen LogP contribution in [-0.4, -0.2) is 15.7 Å². The van der Waals surface area contributed by atoms with E-state index in [-0.39, 0.29) is 5.43 Å². The van der Waals surface area contributed by atoms with E-state index in [0.717, 1.165) is 39.8 Å². The highest BCUT2D eigenvalue weighted by atomic mass is 16.3. The Morgan fingerprint density at radius 2 is 1.49 bits per heavy atom. The Bertz CT molecular complexity index is 2030. The Morgan fingerprint density at radius 1 is 0.805 bits per heavy atom. The molecule has 4 aromatic carbocycles. The van der Waals surface area contributed by atoms with Gasteiger partial charge in [0.2, 0.25) is 5.96 Å². The van der Waals surface area contributed by atoms with E-state index >= 15 is 0 Å². The van der Waals surface area contributed by atoms with Crippen LogP contribution < -0.4 is 15.2 Å². The van der Waals surface area contributed by atoms with Crippen LogP contribution in [0.4, 0.5) is 17.2 Å². The summed E-state index contributed by atoms with van der Waals surface area (Å²) < 4.78 is 7.96. The fraction of sp³-hybridized carbons (Fsp3) is 0.0882. The molecule has 0 bridgehead atoms. The lowest BCUT2D eigenvalue weighted by molar-refractivity contribution is 0.585. The molecule has 0 spiro atoms. The van der Waals surface area contributed by atoms with E-state index in [1.54, 1.807) is 6.26 Å². The Morgan fingerprint density at radius 3 is 2.29 bits per heavy atom. The Labute approximate surface area is 236 Å². The van der Waals surface area contributed by atoms with E-state index in [9.17, 15) is 4.79 Å². The second kappa shape index (κ2) is 9.06. The van der Waals surface area contributed by atoms with Gasteiger partial charge in [-0.1, -0.05) is 72.8 Å². The average molecular weight is 536 g/mol.